The van der Waals surface area contributed by atoms with Gasteiger partial charge in [0.05, 0.1) is 17.2 Å². The molecule has 18 heavy (non-hydrogen) atoms. The fourth-order valence-electron chi connectivity index (χ4n) is 1.41. The van der Waals surface area contributed by atoms with Crippen LogP contribution in [0.4, 0.5) is 18.9 Å². The number of rotatable bonds is 4. The molecule has 0 saturated carbocycles. The number of alkyl halides is 3. The second kappa shape index (κ2) is 5.58. The van der Waals surface area contributed by atoms with Gasteiger partial charge < -0.3 is 5.32 Å². The number of halogens is 3. The Kier molecular flexibility index (Phi) is 4.38. The molecule has 1 aromatic carbocycles. The minimum Gasteiger partial charge on any atom is -0.385 e. The lowest BCUT2D eigenvalue weighted by molar-refractivity contribution is -0.137. The van der Waals surface area contributed by atoms with Crippen LogP contribution in [0.3, 0.4) is 0 Å². The lowest BCUT2D eigenvalue weighted by Gasteiger charge is -2.12. The summed E-state index contributed by atoms with van der Waals surface area (Å²) in [6.45, 7) is 6.07. The van der Waals surface area contributed by atoms with Crippen LogP contribution in [0.25, 0.3) is 0 Å². The predicted octanol–water partition coefficient (Wildman–Crippen LogP) is 3.96. The lowest BCUT2D eigenvalue weighted by atomic mass is 10.1. The molecule has 0 amide bonds. The summed E-state index contributed by atoms with van der Waals surface area (Å²) in [4.78, 5) is 0. The van der Waals surface area contributed by atoms with Crippen LogP contribution in [0.5, 0.6) is 0 Å². The molecule has 0 fully saturated rings. The van der Waals surface area contributed by atoms with Crippen LogP contribution in [-0.4, -0.2) is 6.54 Å². The molecule has 1 N–H and O–H groups in total. The zero-order valence-corrected chi connectivity index (χ0v) is 9.93. The van der Waals surface area contributed by atoms with E-state index in [0.717, 1.165) is 11.6 Å². The van der Waals surface area contributed by atoms with Gasteiger partial charge in [-0.25, -0.2) is 0 Å². The number of nitriles is 1. The molecule has 5 heteroatoms. The van der Waals surface area contributed by atoms with Crippen molar-refractivity contribution in [3.05, 3.63) is 41.5 Å². The maximum atomic E-state index is 12.7. The molecule has 0 saturated heterocycles. The Labute approximate surface area is 104 Å². The first-order chi connectivity index (χ1) is 8.34. The van der Waals surface area contributed by atoms with Crippen molar-refractivity contribution < 1.29 is 13.2 Å². The standard InChI is InChI=1S/C13H13F3N2/c1-9(2)5-6-18-11-4-3-10(8-17)12(7-11)13(14,15)16/h3-4,7,18H,1,5-6H2,2H3. The minimum atomic E-state index is -4.52. The van der Waals surface area contributed by atoms with E-state index in [0.29, 0.717) is 18.7 Å². The Balaban J connectivity index is 2.91. The fraction of sp³-hybridized carbons (Fsp3) is 0.308. The number of hydrogen-bond donors (Lipinski definition) is 1. The van der Waals surface area contributed by atoms with Crippen molar-refractivity contribution in [3.8, 4) is 6.07 Å². The minimum absolute atomic E-state index is 0.350. The lowest BCUT2D eigenvalue weighted by Crippen LogP contribution is -2.09. The molecule has 0 spiro atoms. The molecule has 0 aliphatic heterocycles. The van der Waals surface area contributed by atoms with E-state index in [4.69, 9.17) is 5.26 Å². The second-order valence-corrected chi connectivity index (χ2v) is 4.00. The van der Waals surface area contributed by atoms with Gasteiger partial charge in [-0.2, -0.15) is 18.4 Å². The van der Waals surface area contributed by atoms with Gasteiger partial charge in [-0.1, -0.05) is 5.57 Å². The van der Waals surface area contributed by atoms with Crippen molar-refractivity contribution in [1.82, 2.24) is 0 Å². The number of hydrogen-bond acceptors (Lipinski definition) is 2. The van der Waals surface area contributed by atoms with Crippen LogP contribution in [0, 0.1) is 11.3 Å². The summed E-state index contributed by atoms with van der Waals surface area (Å²) in [6.07, 6.45) is -3.83. The quantitative estimate of drug-likeness (QED) is 0.825. The Morgan fingerprint density at radius 2 is 2.11 bits per heavy atom. The zero-order valence-electron chi connectivity index (χ0n) is 9.93. The normalized spacial score (nSPS) is 10.8. The van der Waals surface area contributed by atoms with Gasteiger partial charge in [0.1, 0.15) is 0 Å². The molecular weight excluding hydrogens is 241 g/mol. The van der Waals surface area contributed by atoms with Gasteiger partial charge in [-0.15, -0.1) is 6.58 Å². The van der Waals surface area contributed by atoms with Crippen molar-refractivity contribution in [1.29, 1.82) is 5.26 Å². The SMILES string of the molecule is C=C(C)CCNc1ccc(C#N)c(C(F)(F)F)c1. The average molecular weight is 254 g/mol. The Morgan fingerprint density at radius 1 is 1.44 bits per heavy atom. The molecule has 0 radical (unpaired) electrons. The van der Waals surface area contributed by atoms with Gasteiger partial charge in [0, 0.05) is 12.2 Å². The highest BCUT2D eigenvalue weighted by Gasteiger charge is 2.33. The second-order valence-electron chi connectivity index (χ2n) is 4.00. The van der Waals surface area contributed by atoms with Crippen molar-refractivity contribution in [2.45, 2.75) is 19.5 Å². The van der Waals surface area contributed by atoms with Gasteiger partial charge in [0.2, 0.25) is 0 Å². The molecule has 1 aromatic rings. The summed E-state index contributed by atoms with van der Waals surface area (Å²) in [6, 6.07) is 5.13. The fourth-order valence-corrected chi connectivity index (χ4v) is 1.41. The summed E-state index contributed by atoms with van der Waals surface area (Å²) < 4.78 is 38.0. The van der Waals surface area contributed by atoms with Crippen LogP contribution >= 0.6 is 0 Å². The zero-order chi connectivity index (χ0) is 13.8. The molecule has 0 heterocycles. The smallest absolute Gasteiger partial charge is 0.385 e. The van der Waals surface area contributed by atoms with Crippen LogP contribution in [0.15, 0.2) is 30.4 Å². The first kappa shape index (κ1) is 14.1. The molecule has 0 aromatic heterocycles. The average Bonchev–Trinajstić information content (AvgIpc) is 2.27. The van der Waals surface area contributed by atoms with Crippen LogP contribution in [0.2, 0.25) is 0 Å². The summed E-state index contributed by atoms with van der Waals surface area (Å²) in [5, 5.41) is 11.5. The topological polar surface area (TPSA) is 35.8 Å². The highest BCUT2D eigenvalue weighted by Crippen LogP contribution is 2.33. The molecule has 1 rings (SSSR count). The Hall–Kier alpha value is -1.96. The number of nitrogens with one attached hydrogen (secondary N) is 1. The molecule has 0 aliphatic carbocycles. The van der Waals surface area contributed by atoms with Gasteiger partial charge in [-0.3, -0.25) is 0 Å². The third-order valence-electron chi connectivity index (χ3n) is 2.33. The molecule has 2 nitrogen and oxygen atoms in total. The van der Waals surface area contributed by atoms with E-state index in [1.54, 1.807) is 6.07 Å². The number of benzene rings is 1. The summed E-state index contributed by atoms with van der Waals surface area (Å²) in [5.41, 5.74) is 0.0213. The van der Waals surface area contributed by atoms with E-state index in [1.165, 1.54) is 12.1 Å². The van der Waals surface area contributed by atoms with Gasteiger partial charge in [0.15, 0.2) is 0 Å². The van der Waals surface area contributed by atoms with Gasteiger partial charge in [0.25, 0.3) is 0 Å². The van der Waals surface area contributed by atoms with Crippen molar-refractivity contribution in [3.63, 3.8) is 0 Å². The summed E-state index contributed by atoms with van der Waals surface area (Å²) in [7, 11) is 0. The van der Waals surface area contributed by atoms with E-state index in [9.17, 15) is 13.2 Å². The first-order valence-corrected chi connectivity index (χ1v) is 5.34. The molecule has 0 unspecified atom stereocenters. The van der Waals surface area contributed by atoms with Crippen molar-refractivity contribution in [2.24, 2.45) is 0 Å². The molecular formula is C13H13F3N2. The Bertz CT molecular complexity index is 484. The molecule has 0 bridgehead atoms. The van der Waals surface area contributed by atoms with Crippen LogP contribution < -0.4 is 5.32 Å². The van der Waals surface area contributed by atoms with E-state index in [-0.39, 0.29) is 5.56 Å². The third-order valence-corrected chi connectivity index (χ3v) is 2.33. The maximum Gasteiger partial charge on any atom is 0.417 e. The summed E-state index contributed by atoms with van der Waals surface area (Å²) in [5.74, 6) is 0. The number of nitrogens with zero attached hydrogens (tertiary/aromatic N) is 1. The third kappa shape index (κ3) is 3.81. The highest BCUT2D eigenvalue weighted by atomic mass is 19.4. The number of anilines is 1. The first-order valence-electron chi connectivity index (χ1n) is 5.34. The molecule has 96 valence electrons. The predicted molar refractivity (Wildman–Crippen MR) is 64.1 cm³/mol. The van der Waals surface area contributed by atoms with E-state index < -0.39 is 11.7 Å². The maximum absolute atomic E-state index is 12.7. The van der Waals surface area contributed by atoms with Crippen LogP contribution in [-0.2, 0) is 6.18 Å². The molecule has 0 aliphatic rings. The Morgan fingerprint density at radius 3 is 2.61 bits per heavy atom. The largest absolute Gasteiger partial charge is 0.417 e. The van der Waals surface area contributed by atoms with Gasteiger partial charge >= 0.3 is 6.18 Å². The van der Waals surface area contributed by atoms with Crippen molar-refractivity contribution in [2.75, 3.05) is 11.9 Å². The van der Waals surface area contributed by atoms with Crippen molar-refractivity contribution >= 4 is 5.69 Å². The van der Waals surface area contributed by atoms with E-state index in [1.807, 2.05) is 6.92 Å². The monoisotopic (exact) mass is 254 g/mol. The summed E-state index contributed by atoms with van der Waals surface area (Å²) >= 11 is 0. The van der Waals surface area contributed by atoms with Crippen LogP contribution in [0.1, 0.15) is 24.5 Å². The highest BCUT2D eigenvalue weighted by molar-refractivity contribution is 5.53. The molecule has 0 atom stereocenters. The van der Waals surface area contributed by atoms with E-state index >= 15 is 0 Å². The van der Waals surface area contributed by atoms with E-state index in [2.05, 4.69) is 11.9 Å². The van der Waals surface area contributed by atoms with Gasteiger partial charge in [-0.05, 0) is 31.5 Å².